The van der Waals surface area contributed by atoms with E-state index in [1.54, 1.807) is 7.11 Å². The van der Waals surface area contributed by atoms with Gasteiger partial charge in [-0.2, -0.15) is 0 Å². The van der Waals surface area contributed by atoms with E-state index < -0.39 is 0 Å². The van der Waals surface area contributed by atoms with Gasteiger partial charge in [0.2, 0.25) is 0 Å². The average molecular weight is 385 g/mol. The normalized spacial score (nSPS) is 11.1. The number of anilines is 1. The third kappa shape index (κ3) is 4.46. The predicted octanol–water partition coefficient (Wildman–Crippen LogP) is 2.79. The van der Waals surface area contributed by atoms with Crippen molar-refractivity contribution in [1.29, 1.82) is 0 Å². The van der Waals surface area contributed by atoms with Crippen LogP contribution in [0.2, 0.25) is 0 Å². The Morgan fingerprint density at radius 2 is 2.00 bits per heavy atom. The molecule has 27 heavy (non-hydrogen) atoms. The van der Waals surface area contributed by atoms with Crippen molar-refractivity contribution in [3.63, 3.8) is 0 Å². The second kappa shape index (κ2) is 8.50. The Hall–Kier alpha value is -2.44. The molecule has 0 spiro atoms. The summed E-state index contributed by atoms with van der Waals surface area (Å²) in [5.41, 5.74) is 2.57. The van der Waals surface area contributed by atoms with Gasteiger partial charge in [-0.15, -0.1) is 0 Å². The second-order valence-corrected chi connectivity index (χ2v) is 7.95. The first-order valence-electron chi connectivity index (χ1n) is 9.10. The summed E-state index contributed by atoms with van der Waals surface area (Å²) in [6.07, 6.45) is 0.910. The SMILES string of the molecule is COc1cccc2sc(N(CCC[NH+](C)C)C(=O)c3cccc(C)c3)nc12. The summed E-state index contributed by atoms with van der Waals surface area (Å²) >= 11 is 1.53. The number of aryl methyl sites for hydroxylation is 1. The Morgan fingerprint density at radius 1 is 1.22 bits per heavy atom. The van der Waals surface area contributed by atoms with Gasteiger partial charge in [0, 0.05) is 18.5 Å². The zero-order chi connectivity index (χ0) is 19.4. The summed E-state index contributed by atoms with van der Waals surface area (Å²) in [6, 6.07) is 13.6. The monoisotopic (exact) mass is 384 g/mol. The number of methoxy groups -OCH3 is 1. The van der Waals surface area contributed by atoms with Gasteiger partial charge in [0.25, 0.3) is 5.91 Å². The Bertz CT molecular complexity index is 936. The number of ether oxygens (including phenoxy) is 1. The third-order valence-electron chi connectivity index (χ3n) is 4.39. The van der Waals surface area contributed by atoms with E-state index in [1.165, 1.54) is 16.2 Å². The van der Waals surface area contributed by atoms with Gasteiger partial charge in [-0.05, 0) is 31.2 Å². The van der Waals surface area contributed by atoms with Gasteiger partial charge in [0.15, 0.2) is 5.13 Å². The number of hydrogen-bond acceptors (Lipinski definition) is 4. The molecule has 0 unspecified atom stereocenters. The van der Waals surface area contributed by atoms with Gasteiger partial charge in [-0.1, -0.05) is 35.1 Å². The molecule has 142 valence electrons. The highest BCUT2D eigenvalue weighted by atomic mass is 32.1. The van der Waals surface area contributed by atoms with E-state index in [2.05, 4.69) is 14.1 Å². The molecule has 3 rings (SSSR count). The number of aromatic nitrogens is 1. The topological polar surface area (TPSA) is 46.9 Å². The predicted molar refractivity (Wildman–Crippen MR) is 111 cm³/mol. The number of rotatable bonds is 7. The molecule has 1 N–H and O–H groups in total. The van der Waals surface area contributed by atoms with E-state index in [1.807, 2.05) is 54.3 Å². The van der Waals surface area contributed by atoms with Crippen molar-refractivity contribution in [2.45, 2.75) is 13.3 Å². The highest BCUT2D eigenvalue weighted by molar-refractivity contribution is 7.22. The molecule has 0 bridgehead atoms. The van der Waals surface area contributed by atoms with E-state index in [4.69, 9.17) is 9.72 Å². The first kappa shape index (κ1) is 19.3. The number of thiazole rings is 1. The van der Waals surface area contributed by atoms with Crippen LogP contribution in [0.4, 0.5) is 5.13 Å². The van der Waals surface area contributed by atoms with Crippen LogP contribution < -0.4 is 14.5 Å². The molecule has 0 aliphatic rings. The maximum atomic E-state index is 13.3. The van der Waals surface area contributed by atoms with E-state index in [0.717, 1.165) is 39.6 Å². The van der Waals surface area contributed by atoms with Crippen molar-refractivity contribution < 1.29 is 14.4 Å². The van der Waals surface area contributed by atoms with Crippen LogP contribution in [0.25, 0.3) is 10.2 Å². The molecule has 0 fully saturated rings. The van der Waals surface area contributed by atoms with Crippen molar-refractivity contribution in [3.8, 4) is 5.75 Å². The largest absolute Gasteiger partial charge is 0.494 e. The molecule has 6 heteroatoms. The quantitative estimate of drug-likeness (QED) is 0.681. The molecular formula is C21H26N3O2S+. The maximum Gasteiger partial charge on any atom is 0.260 e. The van der Waals surface area contributed by atoms with Gasteiger partial charge in [0.1, 0.15) is 11.3 Å². The first-order chi connectivity index (χ1) is 13.0. The van der Waals surface area contributed by atoms with Crippen LogP contribution in [0.15, 0.2) is 42.5 Å². The van der Waals surface area contributed by atoms with E-state index in [9.17, 15) is 4.79 Å². The molecule has 0 saturated carbocycles. The summed E-state index contributed by atoms with van der Waals surface area (Å²) in [6.45, 7) is 3.63. The summed E-state index contributed by atoms with van der Waals surface area (Å²) in [5.74, 6) is 0.723. The lowest BCUT2D eigenvalue weighted by molar-refractivity contribution is -0.858. The molecular weight excluding hydrogens is 358 g/mol. The van der Waals surface area contributed by atoms with Crippen molar-refractivity contribution in [2.75, 3.05) is 39.2 Å². The van der Waals surface area contributed by atoms with E-state index >= 15 is 0 Å². The van der Waals surface area contributed by atoms with Crippen LogP contribution in [0.3, 0.4) is 0 Å². The van der Waals surface area contributed by atoms with E-state index in [-0.39, 0.29) is 5.91 Å². The number of fused-ring (bicyclic) bond motifs is 1. The summed E-state index contributed by atoms with van der Waals surface area (Å²) in [7, 11) is 5.88. The summed E-state index contributed by atoms with van der Waals surface area (Å²) in [5, 5.41) is 0.717. The Labute approximate surface area is 164 Å². The highest BCUT2D eigenvalue weighted by Crippen LogP contribution is 2.34. The summed E-state index contributed by atoms with van der Waals surface area (Å²) < 4.78 is 6.45. The third-order valence-corrected chi connectivity index (χ3v) is 5.43. The Balaban J connectivity index is 1.97. The second-order valence-electron chi connectivity index (χ2n) is 6.94. The van der Waals surface area contributed by atoms with Gasteiger partial charge >= 0.3 is 0 Å². The van der Waals surface area contributed by atoms with Gasteiger partial charge < -0.3 is 9.64 Å². The molecule has 1 heterocycles. The van der Waals surface area contributed by atoms with Crippen molar-refractivity contribution >= 4 is 32.6 Å². The highest BCUT2D eigenvalue weighted by Gasteiger charge is 2.22. The number of para-hydroxylation sites is 1. The molecule has 0 saturated heterocycles. The molecule has 0 radical (unpaired) electrons. The molecule has 1 amide bonds. The minimum Gasteiger partial charge on any atom is -0.494 e. The Kier molecular flexibility index (Phi) is 6.08. The molecule has 2 aromatic carbocycles. The smallest absolute Gasteiger partial charge is 0.260 e. The van der Waals surface area contributed by atoms with Gasteiger partial charge in [-0.3, -0.25) is 9.69 Å². The number of hydrogen-bond donors (Lipinski definition) is 1. The van der Waals surface area contributed by atoms with Crippen LogP contribution in [0.5, 0.6) is 5.75 Å². The standard InChI is InChI=1S/C21H25N3O2S/c1-15-8-5-9-16(14-15)20(25)24(13-7-12-23(2)3)21-22-19-17(26-4)10-6-11-18(19)27-21/h5-6,8-11,14H,7,12-13H2,1-4H3/p+1. The molecule has 0 atom stereocenters. The van der Waals surface area contributed by atoms with Crippen molar-refractivity contribution in [2.24, 2.45) is 0 Å². The summed E-state index contributed by atoms with van der Waals surface area (Å²) in [4.78, 5) is 21.2. The van der Waals surface area contributed by atoms with Crippen LogP contribution in [-0.2, 0) is 0 Å². The average Bonchev–Trinajstić information content (AvgIpc) is 3.08. The zero-order valence-electron chi connectivity index (χ0n) is 16.3. The molecule has 0 aliphatic carbocycles. The van der Waals surface area contributed by atoms with Crippen LogP contribution in [0, 0.1) is 6.92 Å². The minimum absolute atomic E-state index is 0.00882. The van der Waals surface area contributed by atoms with Crippen LogP contribution in [0.1, 0.15) is 22.3 Å². The molecule has 3 aromatic rings. The van der Waals surface area contributed by atoms with Gasteiger partial charge in [0.05, 0.1) is 32.4 Å². The number of carbonyl (C=O) groups is 1. The Morgan fingerprint density at radius 3 is 2.70 bits per heavy atom. The fraction of sp³-hybridized carbons (Fsp3) is 0.333. The van der Waals surface area contributed by atoms with Crippen molar-refractivity contribution in [3.05, 3.63) is 53.6 Å². The minimum atomic E-state index is -0.00882. The van der Waals surface area contributed by atoms with Gasteiger partial charge in [-0.25, -0.2) is 4.98 Å². The fourth-order valence-corrected chi connectivity index (χ4v) is 4.01. The number of nitrogens with zero attached hydrogens (tertiary/aromatic N) is 2. The molecule has 5 nitrogen and oxygen atoms in total. The van der Waals surface area contributed by atoms with Crippen molar-refractivity contribution in [1.82, 2.24) is 4.98 Å². The molecule has 1 aromatic heterocycles. The number of carbonyl (C=O) groups excluding carboxylic acids is 1. The van der Waals surface area contributed by atoms with Crippen LogP contribution in [-0.4, -0.2) is 45.2 Å². The first-order valence-corrected chi connectivity index (χ1v) is 9.92. The number of benzene rings is 2. The van der Waals surface area contributed by atoms with E-state index in [0.29, 0.717) is 12.1 Å². The number of nitrogens with one attached hydrogen (secondary N) is 1. The number of amides is 1. The lowest BCUT2D eigenvalue weighted by atomic mass is 10.1. The molecule has 0 aliphatic heterocycles. The lowest BCUT2D eigenvalue weighted by Crippen LogP contribution is -3.05. The zero-order valence-corrected chi connectivity index (χ0v) is 17.1. The lowest BCUT2D eigenvalue weighted by Gasteiger charge is -2.20. The number of quaternary nitrogens is 1. The van der Waals surface area contributed by atoms with Crippen LogP contribution >= 0.6 is 11.3 Å². The fourth-order valence-electron chi connectivity index (χ4n) is 3.00. The maximum absolute atomic E-state index is 13.3.